The third-order valence-corrected chi connectivity index (χ3v) is 5.21. The third kappa shape index (κ3) is 2.83. The van der Waals surface area contributed by atoms with E-state index >= 15 is 0 Å². The fourth-order valence-corrected chi connectivity index (χ4v) is 3.92. The summed E-state index contributed by atoms with van der Waals surface area (Å²) in [6, 6.07) is 1.75. The van der Waals surface area contributed by atoms with Crippen LogP contribution in [0.4, 0.5) is 8.78 Å². The molecule has 0 bridgehead atoms. The van der Waals surface area contributed by atoms with Crippen LogP contribution in [0.2, 0.25) is 0 Å². The van der Waals surface area contributed by atoms with Crippen LogP contribution < -0.4 is 5.76 Å². The summed E-state index contributed by atoms with van der Waals surface area (Å²) in [5, 5.41) is 0. The van der Waals surface area contributed by atoms with E-state index < -0.39 is 32.1 Å². The quantitative estimate of drug-likeness (QED) is 0.859. The van der Waals surface area contributed by atoms with Crippen molar-refractivity contribution in [1.29, 1.82) is 0 Å². The van der Waals surface area contributed by atoms with Crippen molar-refractivity contribution < 1.29 is 21.6 Å². The predicted octanol–water partition coefficient (Wildman–Crippen LogP) is 2.91. The fourth-order valence-electron chi connectivity index (χ4n) is 3.10. The van der Waals surface area contributed by atoms with E-state index in [4.69, 9.17) is 4.42 Å². The Kier molecular flexibility index (Phi) is 3.87. The molecular formula is C15H15F2NO4S. The van der Waals surface area contributed by atoms with E-state index in [0.29, 0.717) is 0 Å². The molecule has 2 aromatic rings. The highest BCUT2D eigenvalue weighted by atomic mass is 32.2. The van der Waals surface area contributed by atoms with Gasteiger partial charge in [0.1, 0.15) is 22.8 Å². The van der Waals surface area contributed by atoms with E-state index in [9.17, 15) is 22.0 Å². The zero-order valence-electron chi connectivity index (χ0n) is 12.4. The van der Waals surface area contributed by atoms with Crippen LogP contribution in [-0.2, 0) is 9.84 Å². The highest BCUT2D eigenvalue weighted by Crippen LogP contribution is 2.33. The fraction of sp³-hybridized carbons (Fsp3) is 0.400. The number of hydrogen-bond donors (Lipinski definition) is 0. The maximum absolute atomic E-state index is 14.1. The van der Waals surface area contributed by atoms with Gasteiger partial charge in [0, 0.05) is 17.9 Å². The van der Waals surface area contributed by atoms with Gasteiger partial charge in [-0.05, 0) is 25.0 Å². The van der Waals surface area contributed by atoms with Gasteiger partial charge >= 0.3 is 5.76 Å². The number of rotatable bonds is 3. The first-order chi connectivity index (χ1) is 10.8. The molecule has 1 fully saturated rings. The van der Waals surface area contributed by atoms with E-state index in [1.165, 1.54) is 4.57 Å². The zero-order chi connectivity index (χ0) is 16.8. The molecule has 8 heteroatoms. The second kappa shape index (κ2) is 5.59. The lowest BCUT2D eigenvalue weighted by atomic mass is 10.1. The Morgan fingerprint density at radius 2 is 1.74 bits per heavy atom. The van der Waals surface area contributed by atoms with E-state index in [1.54, 1.807) is 0 Å². The average Bonchev–Trinajstić information content (AvgIpc) is 3.04. The van der Waals surface area contributed by atoms with Crippen LogP contribution in [0.3, 0.4) is 0 Å². The van der Waals surface area contributed by atoms with Crippen LogP contribution in [0.1, 0.15) is 31.7 Å². The topological polar surface area (TPSA) is 69.3 Å². The van der Waals surface area contributed by atoms with Crippen LogP contribution in [-0.4, -0.2) is 19.2 Å². The minimum Gasteiger partial charge on any atom is -0.416 e. The third-order valence-electron chi connectivity index (χ3n) is 4.08. The Bertz CT molecular complexity index is 885. The number of sulfone groups is 1. The molecule has 1 aromatic carbocycles. The summed E-state index contributed by atoms with van der Waals surface area (Å²) in [4.78, 5) is 10.9. The van der Waals surface area contributed by atoms with Gasteiger partial charge in [-0.1, -0.05) is 12.8 Å². The molecule has 23 heavy (non-hydrogen) atoms. The number of halogens is 2. The van der Waals surface area contributed by atoms with Crippen molar-refractivity contribution in [2.75, 3.05) is 6.26 Å². The van der Waals surface area contributed by atoms with Gasteiger partial charge in [-0.15, -0.1) is 0 Å². The lowest BCUT2D eigenvalue weighted by Crippen LogP contribution is -2.19. The van der Waals surface area contributed by atoms with Crippen LogP contribution in [0, 0.1) is 11.6 Å². The Labute approximate surface area is 131 Å². The van der Waals surface area contributed by atoms with Crippen molar-refractivity contribution >= 4 is 9.84 Å². The Hall–Kier alpha value is -1.96. The second-order valence-corrected chi connectivity index (χ2v) is 7.69. The van der Waals surface area contributed by atoms with Gasteiger partial charge in [-0.3, -0.25) is 4.57 Å². The molecule has 1 heterocycles. The van der Waals surface area contributed by atoms with Crippen molar-refractivity contribution in [2.24, 2.45) is 0 Å². The summed E-state index contributed by atoms with van der Waals surface area (Å²) in [7, 11) is -4.03. The first-order valence-electron chi connectivity index (χ1n) is 7.18. The monoisotopic (exact) mass is 343 g/mol. The van der Waals surface area contributed by atoms with E-state index in [-0.39, 0.29) is 17.3 Å². The van der Waals surface area contributed by atoms with Gasteiger partial charge in [-0.25, -0.2) is 22.0 Å². The molecule has 0 spiro atoms. The van der Waals surface area contributed by atoms with Gasteiger partial charge in [0.05, 0.1) is 5.69 Å². The summed E-state index contributed by atoms with van der Waals surface area (Å²) in [5.74, 6) is -2.96. The highest BCUT2D eigenvalue weighted by Gasteiger charge is 2.26. The van der Waals surface area contributed by atoms with E-state index in [2.05, 4.69) is 0 Å². The zero-order valence-corrected chi connectivity index (χ0v) is 13.2. The van der Waals surface area contributed by atoms with Crippen molar-refractivity contribution in [3.8, 4) is 11.3 Å². The molecule has 0 atom stereocenters. The molecule has 0 radical (unpaired) electrons. The number of aromatic nitrogens is 1. The minimum atomic E-state index is -4.03. The highest BCUT2D eigenvalue weighted by molar-refractivity contribution is 7.90. The summed E-state index contributed by atoms with van der Waals surface area (Å²) in [6.07, 6.45) is 5.40. The first kappa shape index (κ1) is 15.9. The molecule has 1 aromatic heterocycles. The van der Waals surface area contributed by atoms with Crippen LogP contribution in [0.5, 0.6) is 0 Å². The Morgan fingerprint density at radius 3 is 2.26 bits per heavy atom. The smallest absolute Gasteiger partial charge is 0.416 e. The number of benzene rings is 1. The lowest BCUT2D eigenvalue weighted by molar-refractivity contribution is 0.430. The summed E-state index contributed by atoms with van der Waals surface area (Å²) < 4.78 is 57.3. The standard InChI is InChI=1S/C15H15F2NO4S/c1-23(20,21)14-11(16)6-9(7-12(14)17)13-8-22-15(19)18(13)10-4-2-3-5-10/h6-8,10H,2-5H2,1H3. The molecule has 1 saturated carbocycles. The van der Waals surface area contributed by atoms with Crippen molar-refractivity contribution in [3.63, 3.8) is 0 Å². The Balaban J connectivity index is 2.16. The minimum absolute atomic E-state index is 0.0723. The Morgan fingerprint density at radius 1 is 1.17 bits per heavy atom. The normalized spacial score (nSPS) is 16.1. The first-order valence-corrected chi connectivity index (χ1v) is 9.07. The molecule has 0 unspecified atom stereocenters. The van der Waals surface area contributed by atoms with Gasteiger partial charge in [0.2, 0.25) is 0 Å². The number of oxazole rings is 1. The SMILES string of the molecule is CS(=O)(=O)c1c(F)cc(-c2coc(=O)n2C2CCCC2)cc1F. The molecule has 1 aliphatic rings. The van der Waals surface area contributed by atoms with Gasteiger partial charge in [0.25, 0.3) is 0 Å². The summed E-state index contributed by atoms with van der Waals surface area (Å²) in [5.41, 5.74) is 0.324. The molecule has 0 saturated heterocycles. The molecule has 5 nitrogen and oxygen atoms in total. The van der Waals surface area contributed by atoms with Gasteiger partial charge in [-0.2, -0.15) is 0 Å². The molecule has 124 valence electrons. The lowest BCUT2D eigenvalue weighted by Gasteiger charge is -2.13. The van der Waals surface area contributed by atoms with Crippen molar-refractivity contribution in [2.45, 2.75) is 36.6 Å². The summed E-state index contributed by atoms with van der Waals surface area (Å²) in [6.45, 7) is 0. The largest absolute Gasteiger partial charge is 0.419 e. The second-order valence-electron chi connectivity index (χ2n) is 5.74. The van der Waals surface area contributed by atoms with Gasteiger partial charge < -0.3 is 4.42 Å². The molecular weight excluding hydrogens is 328 g/mol. The van der Waals surface area contributed by atoms with Crippen LogP contribution in [0.25, 0.3) is 11.3 Å². The maximum atomic E-state index is 14.1. The maximum Gasteiger partial charge on any atom is 0.419 e. The molecule has 0 N–H and O–H groups in total. The molecule has 0 aliphatic heterocycles. The molecule has 3 rings (SSSR count). The molecule has 0 amide bonds. The number of hydrogen-bond acceptors (Lipinski definition) is 4. The van der Waals surface area contributed by atoms with Crippen molar-refractivity contribution in [3.05, 3.63) is 40.6 Å². The predicted molar refractivity (Wildman–Crippen MR) is 78.9 cm³/mol. The van der Waals surface area contributed by atoms with E-state index in [0.717, 1.165) is 50.3 Å². The average molecular weight is 343 g/mol. The summed E-state index contributed by atoms with van der Waals surface area (Å²) >= 11 is 0. The van der Waals surface area contributed by atoms with Gasteiger partial charge in [0.15, 0.2) is 9.84 Å². The number of nitrogens with zero attached hydrogens (tertiary/aromatic N) is 1. The van der Waals surface area contributed by atoms with Crippen LogP contribution >= 0.6 is 0 Å². The molecule has 1 aliphatic carbocycles. The van der Waals surface area contributed by atoms with Crippen molar-refractivity contribution in [1.82, 2.24) is 4.57 Å². The van der Waals surface area contributed by atoms with Crippen LogP contribution in [0.15, 0.2) is 32.5 Å². The van der Waals surface area contributed by atoms with E-state index in [1.807, 2.05) is 0 Å².